The minimum atomic E-state index is -0.476. The number of hydrazine groups is 1. The van der Waals surface area contributed by atoms with E-state index in [1.54, 1.807) is 0 Å². The number of carbonyl (C=O) groups excluding carboxylic acids is 2. The zero-order valence-electron chi connectivity index (χ0n) is 12.6. The molecule has 0 aromatic carbocycles. The summed E-state index contributed by atoms with van der Waals surface area (Å²) in [6.07, 6.45) is 5.19. The van der Waals surface area contributed by atoms with E-state index in [1.807, 2.05) is 28.8 Å². The van der Waals surface area contributed by atoms with E-state index < -0.39 is 12.0 Å². The van der Waals surface area contributed by atoms with Crippen molar-refractivity contribution in [3.05, 3.63) is 35.9 Å². The van der Waals surface area contributed by atoms with E-state index >= 15 is 0 Å². The quantitative estimate of drug-likeness (QED) is 0.832. The maximum absolute atomic E-state index is 12.4. The van der Waals surface area contributed by atoms with Crippen LogP contribution in [0.1, 0.15) is 47.9 Å². The van der Waals surface area contributed by atoms with Crippen molar-refractivity contribution in [3.63, 3.8) is 0 Å². The lowest BCUT2D eigenvalue weighted by Gasteiger charge is -2.10. The highest BCUT2D eigenvalue weighted by Crippen LogP contribution is 2.39. The third-order valence-electron chi connectivity index (χ3n) is 4.25. The molecule has 7 nitrogen and oxygen atoms in total. The molecule has 120 valence electrons. The first-order valence-electron chi connectivity index (χ1n) is 7.93. The maximum Gasteiger partial charge on any atom is 0.290 e. The molecule has 1 saturated heterocycles. The fourth-order valence-corrected chi connectivity index (χ4v) is 2.90. The van der Waals surface area contributed by atoms with Crippen LogP contribution < -0.4 is 10.9 Å². The molecule has 4 rings (SSSR count). The number of hydrogen-bond acceptors (Lipinski definition) is 4. The molecular weight excluding hydrogens is 296 g/mol. The van der Waals surface area contributed by atoms with Gasteiger partial charge in [-0.15, -0.1) is 0 Å². The molecule has 7 heteroatoms. The monoisotopic (exact) mass is 314 g/mol. The summed E-state index contributed by atoms with van der Waals surface area (Å²) < 4.78 is 7.24. The van der Waals surface area contributed by atoms with E-state index in [0.717, 1.165) is 30.6 Å². The summed E-state index contributed by atoms with van der Waals surface area (Å²) in [6, 6.07) is 5.65. The van der Waals surface area contributed by atoms with Crippen molar-refractivity contribution in [2.75, 3.05) is 6.61 Å². The lowest BCUT2D eigenvalue weighted by molar-refractivity contribution is -0.130. The van der Waals surface area contributed by atoms with Crippen LogP contribution in [0.4, 0.5) is 0 Å². The van der Waals surface area contributed by atoms with E-state index in [4.69, 9.17) is 4.74 Å². The first-order valence-corrected chi connectivity index (χ1v) is 7.93. The Morgan fingerprint density at radius 2 is 2.09 bits per heavy atom. The predicted octanol–water partition coefficient (Wildman–Crippen LogP) is 1.15. The second-order valence-electron chi connectivity index (χ2n) is 5.99. The van der Waals surface area contributed by atoms with Crippen LogP contribution in [0.2, 0.25) is 0 Å². The number of amides is 2. The van der Waals surface area contributed by atoms with Crippen molar-refractivity contribution in [2.24, 2.45) is 0 Å². The van der Waals surface area contributed by atoms with Crippen LogP contribution >= 0.6 is 0 Å². The Balaban J connectivity index is 1.52. The molecule has 1 aliphatic heterocycles. The number of nitrogens with one attached hydrogen (secondary N) is 2. The number of ether oxygens (including phenoxy) is 1. The van der Waals surface area contributed by atoms with Gasteiger partial charge in [-0.3, -0.25) is 20.4 Å². The van der Waals surface area contributed by atoms with Crippen LogP contribution in [0, 0.1) is 0 Å². The van der Waals surface area contributed by atoms with Gasteiger partial charge < -0.3 is 9.14 Å². The first kappa shape index (κ1) is 14.2. The van der Waals surface area contributed by atoms with E-state index in [9.17, 15) is 9.59 Å². The lowest BCUT2D eigenvalue weighted by Crippen LogP contribution is -2.46. The highest BCUT2D eigenvalue weighted by Gasteiger charge is 2.30. The van der Waals surface area contributed by atoms with E-state index in [-0.39, 0.29) is 5.91 Å². The predicted molar refractivity (Wildman–Crippen MR) is 81.7 cm³/mol. The Hall–Kier alpha value is -2.41. The Morgan fingerprint density at radius 1 is 1.22 bits per heavy atom. The molecule has 0 unspecified atom stereocenters. The summed E-state index contributed by atoms with van der Waals surface area (Å²) in [6.45, 7) is 0.586. The number of nitrogens with zero attached hydrogens (tertiary/aromatic N) is 2. The summed E-state index contributed by atoms with van der Waals surface area (Å²) in [4.78, 5) is 28.8. The van der Waals surface area contributed by atoms with Gasteiger partial charge in [-0.25, -0.2) is 4.98 Å². The average molecular weight is 314 g/mol. The summed E-state index contributed by atoms with van der Waals surface area (Å²) >= 11 is 0. The van der Waals surface area contributed by atoms with Gasteiger partial charge in [0.15, 0.2) is 5.69 Å². The summed E-state index contributed by atoms with van der Waals surface area (Å²) in [5.74, 6) is 0.609. The molecule has 0 spiro atoms. The van der Waals surface area contributed by atoms with Gasteiger partial charge in [-0.05, 0) is 37.8 Å². The number of carbonyl (C=O) groups is 2. The van der Waals surface area contributed by atoms with Gasteiger partial charge in [0.1, 0.15) is 11.9 Å². The molecule has 0 bridgehead atoms. The summed E-state index contributed by atoms with van der Waals surface area (Å²) in [7, 11) is 0. The number of hydrogen-bond donors (Lipinski definition) is 2. The first-order chi connectivity index (χ1) is 11.2. The fraction of sp³-hybridized carbons (Fsp3) is 0.438. The highest BCUT2D eigenvalue weighted by atomic mass is 16.5. The van der Waals surface area contributed by atoms with E-state index in [0.29, 0.717) is 24.6 Å². The lowest BCUT2D eigenvalue weighted by atomic mass is 10.2. The molecule has 2 aromatic rings. The Labute approximate surface area is 133 Å². The maximum atomic E-state index is 12.4. The zero-order valence-corrected chi connectivity index (χ0v) is 12.6. The third kappa shape index (κ3) is 2.68. The molecule has 2 aliphatic rings. The van der Waals surface area contributed by atoms with Crippen molar-refractivity contribution in [1.29, 1.82) is 0 Å². The van der Waals surface area contributed by atoms with Crippen LogP contribution in [-0.4, -0.2) is 33.9 Å². The minimum absolute atomic E-state index is 0.318. The van der Waals surface area contributed by atoms with Gasteiger partial charge in [0.25, 0.3) is 11.8 Å². The van der Waals surface area contributed by atoms with Gasteiger partial charge in [0.05, 0.1) is 5.52 Å². The Morgan fingerprint density at radius 3 is 2.83 bits per heavy atom. The standard InChI is InChI=1S/C16H18N4O3/c21-15(12-5-3-9-23-12)18-19-16(22)13-11-4-1-2-8-20(11)14(17-13)10-6-7-10/h1-2,4,8,10,12H,3,5-7,9H2,(H,18,21)(H,19,22)/t12-/m1/s1. The molecule has 2 amide bonds. The molecule has 2 aromatic heterocycles. The largest absolute Gasteiger partial charge is 0.368 e. The Bertz CT molecular complexity index is 760. The van der Waals surface area contributed by atoms with Gasteiger partial charge in [-0.2, -0.15) is 0 Å². The van der Waals surface area contributed by atoms with Gasteiger partial charge in [0, 0.05) is 18.7 Å². The average Bonchev–Trinajstić information content (AvgIpc) is 3.13. The normalized spacial score (nSPS) is 20.6. The van der Waals surface area contributed by atoms with Gasteiger partial charge in [-0.1, -0.05) is 6.07 Å². The minimum Gasteiger partial charge on any atom is -0.368 e. The van der Waals surface area contributed by atoms with Crippen molar-refractivity contribution in [2.45, 2.75) is 37.7 Å². The van der Waals surface area contributed by atoms with Crippen LogP contribution in [-0.2, 0) is 9.53 Å². The van der Waals surface area contributed by atoms with Crippen LogP contribution in [0.25, 0.3) is 5.52 Å². The smallest absolute Gasteiger partial charge is 0.290 e. The van der Waals surface area contributed by atoms with Crippen molar-refractivity contribution < 1.29 is 14.3 Å². The van der Waals surface area contributed by atoms with Gasteiger partial charge in [0.2, 0.25) is 0 Å². The fourth-order valence-electron chi connectivity index (χ4n) is 2.90. The van der Waals surface area contributed by atoms with E-state index in [2.05, 4.69) is 15.8 Å². The summed E-state index contributed by atoms with van der Waals surface area (Å²) in [5.41, 5.74) is 5.96. The van der Waals surface area contributed by atoms with Crippen LogP contribution in [0.3, 0.4) is 0 Å². The molecule has 23 heavy (non-hydrogen) atoms. The second-order valence-corrected chi connectivity index (χ2v) is 5.99. The molecule has 2 fully saturated rings. The molecular formula is C16H18N4O3. The van der Waals surface area contributed by atoms with Crippen molar-refractivity contribution >= 4 is 17.3 Å². The third-order valence-corrected chi connectivity index (χ3v) is 4.25. The molecule has 2 N–H and O–H groups in total. The molecule has 1 atom stereocenters. The van der Waals surface area contributed by atoms with Crippen LogP contribution in [0.15, 0.2) is 24.4 Å². The number of imidazole rings is 1. The number of fused-ring (bicyclic) bond motifs is 1. The second kappa shape index (κ2) is 5.66. The topological polar surface area (TPSA) is 84.7 Å². The molecule has 1 saturated carbocycles. The van der Waals surface area contributed by atoms with Crippen molar-refractivity contribution in [1.82, 2.24) is 20.2 Å². The number of aromatic nitrogens is 2. The zero-order chi connectivity index (χ0) is 15.8. The molecule has 1 aliphatic carbocycles. The number of rotatable bonds is 3. The SMILES string of the molecule is O=C(NNC(=O)[C@H]1CCCO1)c1nc(C2CC2)n2ccccc12. The van der Waals surface area contributed by atoms with Gasteiger partial charge >= 0.3 is 0 Å². The van der Waals surface area contributed by atoms with Crippen LogP contribution in [0.5, 0.6) is 0 Å². The highest BCUT2D eigenvalue weighted by molar-refractivity contribution is 6.00. The molecule has 3 heterocycles. The molecule has 0 radical (unpaired) electrons. The number of pyridine rings is 1. The van der Waals surface area contributed by atoms with E-state index in [1.165, 1.54) is 0 Å². The summed E-state index contributed by atoms with van der Waals surface area (Å²) in [5, 5.41) is 0. The van der Waals surface area contributed by atoms with Crippen molar-refractivity contribution in [3.8, 4) is 0 Å². The Kier molecular flexibility index (Phi) is 3.49.